The number of aromatic nitrogens is 2. The number of nitrogens with zero attached hydrogens (tertiary/aromatic N) is 2. The summed E-state index contributed by atoms with van der Waals surface area (Å²) >= 11 is 7.00. The van der Waals surface area contributed by atoms with E-state index in [9.17, 15) is 4.79 Å². The van der Waals surface area contributed by atoms with Crippen LogP contribution < -0.4 is 5.32 Å². The number of carbonyl (C=O) groups is 1. The van der Waals surface area contributed by atoms with Gasteiger partial charge in [-0.2, -0.15) is 0 Å². The fourth-order valence-electron chi connectivity index (χ4n) is 0.721. The van der Waals surface area contributed by atoms with Crippen molar-refractivity contribution in [2.75, 3.05) is 0 Å². The van der Waals surface area contributed by atoms with Gasteiger partial charge in [0.15, 0.2) is 0 Å². The second-order valence-electron chi connectivity index (χ2n) is 3.57. The maximum Gasteiger partial charge on any atom is 0.265 e. The average molecular weight is 234 g/mol. The number of hydrogen-bond acceptors (Lipinski definition) is 4. The molecule has 1 aromatic heterocycles. The molecular formula is C8H12ClN3OS. The molecule has 0 aliphatic heterocycles. The molecule has 0 saturated heterocycles. The second kappa shape index (κ2) is 4.23. The molecule has 1 amide bonds. The summed E-state index contributed by atoms with van der Waals surface area (Å²) in [5.41, 5.74) is -0.442. The molecule has 1 heterocycles. The van der Waals surface area contributed by atoms with E-state index in [-0.39, 0.29) is 11.3 Å². The second-order valence-corrected chi connectivity index (χ2v) is 5.01. The van der Waals surface area contributed by atoms with Gasteiger partial charge >= 0.3 is 0 Å². The van der Waals surface area contributed by atoms with Gasteiger partial charge in [-0.25, -0.2) is 0 Å². The van der Waals surface area contributed by atoms with Gasteiger partial charge in [0.1, 0.15) is 4.88 Å². The molecule has 4 nitrogen and oxygen atoms in total. The fourth-order valence-corrected chi connectivity index (χ4v) is 1.19. The minimum atomic E-state index is -0.442. The van der Waals surface area contributed by atoms with Crippen LogP contribution in [-0.2, 0) is 0 Å². The molecule has 0 spiro atoms. The van der Waals surface area contributed by atoms with Crippen LogP contribution in [0.3, 0.4) is 0 Å². The first kappa shape index (κ1) is 11.4. The highest BCUT2D eigenvalue weighted by molar-refractivity contribution is 7.07. The van der Waals surface area contributed by atoms with Crippen LogP contribution >= 0.6 is 23.1 Å². The molecule has 1 N–H and O–H groups in total. The molecule has 0 saturated carbocycles. The lowest BCUT2D eigenvalue weighted by Crippen LogP contribution is -2.48. The van der Waals surface area contributed by atoms with Crippen molar-refractivity contribution in [1.82, 2.24) is 14.9 Å². The summed E-state index contributed by atoms with van der Waals surface area (Å²) in [5.74, 6) is -0.183. The van der Waals surface area contributed by atoms with E-state index < -0.39 is 5.54 Å². The minimum Gasteiger partial charge on any atom is -0.345 e. The standard InChI is InChI=1S/C8H12ClN3OS/c1-5(9)8(2,3)11-7(13)6-4-10-12-14-6/h4-5H,1-3H3,(H,11,13). The summed E-state index contributed by atoms with van der Waals surface area (Å²) in [6.45, 7) is 5.58. The van der Waals surface area contributed by atoms with Crippen molar-refractivity contribution < 1.29 is 4.79 Å². The molecule has 0 bridgehead atoms. The van der Waals surface area contributed by atoms with Crippen LogP contribution in [0.4, 0.5) is 0 Å². The Balaban J connectivity index is 2.66. The van der Waals surface area contributed by atoms with Gasteiger partial charge in [0.25, 0.3) is 5.91 Å². The maximum atomic E-state index is 11.6. The van der Waals surface area contributed by atoms with Gasteiger partial charge in [-0.3, -0.25) is 4.79 Å². The minimum absolute atomic E-state index is 0.146. The van der Waals surface area contributed by atoms with Crippen molar-refractivity contribution in [2.45, 2.75) is 31.7 Å². The third-order valence-electron chi connectivity index (χ3n) is 2.02. The van der Waals surface area contributed by atoms with Gasteiger partial charge in [0.2, 0.25) is 0 Å². The Morgan fingerprint density at radius 2 is 2.36 bits per heavy atom. The molecule has 1 rings (SSSR count). The SMILES string of the molecule is CC(Cl)C(C)(C)NC(=O)c1cnns1. The Kier molecular flexibility index (Phi) is 3.44. The number of halogens is 1. The van der Waals surface area contributed by atoms with E-state index in [0.29, 0.717) is 4.88 Å². The van der Waals surface area contributed by atoms with E-state index in [4.69, 9.17) is 11.6 Å². The topological polar surface area (TPSA) is 54.9 Å². The molecule has 14 heavy (non-hydrogen) atoms. The molecule has 78 valence electrons. The predicted molar refractivity (Wildman–Crippen MR) is 56.8 cm³/mol. The molecule has 6 heteroatoms. The van der Waals surface area contributed by atoms with Gasteiger partial charge in [-0.1, -0.05) is 4.49 Å². The van der Waals surface area contributed by atoms with E-state index in [2.05, 4.69) is 14.9 Å². The first-order chi connectivity index (χ1) is 6.43. The van der Waals surface area contributed by atoms with Crippen molar-refractivity contribution >= 4 is 29.0 Å². The summed E-state index contributed by atoms with van der Waals surface area (Å²) in [6.07, 6.45) is 1.44. The molecule has 0 aliphatic rings. The van der Waals surface area contributed by atoms with E-state index in [1.807, 2.05) is 20.8 Å². The molecule has 0 fully saturated rings. The summed E-state index contributed by atoms with van der Waals surface area (Å²) in [6, 6.07) is 0. The molecule has 1 atom stereocenters. The van der Waals surface area contributed by atoms with E-state index in [1.54, 1.807) is 0 Å². The average Bonchev–Trinajstić information content (AvgIpc) is 2.54. The molecule has 0 aliphatic carbocycles. The van der Waals surface area contributed by atoms with Crippen LogP contribution in [0.15, 0.2) is 6.20 Å². The number of amides is 1. The Morgan fingerprint density at radius 3 is 2.79 bits per heavy atom. The van der Waals surface area contributed by atoms with Crippen molar-refractivity contribution in [3.05, 3.63) is 11.1 Å². The Hall–Kier alpha value is -0.680. The highest BCUT2D eigenvalue weighted by atomic mass is 35.5. The number of nitrogens with one attached hydrogen (secondary N) is 1. The normalized spacial score (nSPS) is 13.7. The zero-order valence-corrected chi connectivity index (χ0v) is 9.82. The van der Waals surface area contributed by atoms with Crippen molar-refractivity contribution in [3.8, 4) is 0 Å². The van der Waals surface area contributed by atoms with Crippen LogP contribution in [-0.4, -0.2) is 26.4 Å². The van der Waals surface area contributed by atoms with E-state index >= 15 is 0 Å². The number of rotatable bonds is 3. The third-order valence-corrected chi connectivity index (χ3v) is 3.22. The van der Waals surface area contributed by atoms with E-state index in [0.717, 1.165) is 11.5 Å². The molecule has 0 aromatic carbocycles. The lowest BCUT2D eigenvalue weighted by atomic mass is 10.0. The van der Waals surface area contributed by atoms with Crippen LogP contribution in [0.1, 0.15) is 30.4 Å². The predicted octanol–water partition coefficient (Wildman–Crippen LogP) is 1.67. The van der Waals surface area contributed by atoms with Gasteiger partial charge in [0, 0.05) is 0 Å². The summed E-state index contributed by atoms with van der Waals surface area (Å²) in [5, 5.41) is 6.26. The zero-order chi connectivity index (χ0) is 10.8. The van der Waals surface area contributed by atoms with Crippen LogP contribution in [0.5, 0.6) is 0 Å². The Labute approximate surface area is 91.8 Å². The largest absolute Gasteiger partial charge is 0.345 e. The molecule has 1 unspecified atom stereocenters. The van der Waals surface area contributed by atoms with E-state index in [1.165, 1.54) is 6.20 Å². The van der Waals surface area contributed by atoms with Crippen LogP contribution in [0, 0.1) is 0 Å². The first-order valence-electron chi connectivity index (χ1n) is 4.17. The summed E-state index contributed by atoms with van der Waals surface area (Å²) < 4.78 is 3.62. The smallest absolute Gasteiger partial charge is 0.265 e. The van der Waals surface area contributed by atoms with Gasteiger partial charge in [0.05, 0.1) is 17.1 Å². The molecular weight excluding hydrogens is 222 g/mol. The first-order valence-corrected chi connectivity index (χ1v) is 5.38. The van der Waals surface area contributed by atoms with Crippen molar-refractivity contribution in [1.29, 1.82) is 0 Å². The highest BCUT2D eigenvalue weighted by Gasteiger charge is 2.27. The number of hydrogen-bond donors (Lipinski definition) is 1. The molecule has 0 radical (unpaired) electrons. The van der Waals surface area contributed by atoms with Gasteiger partial charge in [-0.05, 0) is 32.3 Å². The van der Waals surface area contributed by atoms with Crippen LogP contribution in [0.2, 0.25) is 0 Å². The molecule has 1 aromatic rings. The third kappa shape index (κ3) is 2.65. The van der Waals surface area contributed by atoms with Crippen LogP contribution in [0.25, 0.3) is 0 Å². The zero-order valence-electron chi connectivity index (χ0n) is 8.24. The Bertz CT molecular complexity index is 310. The summed E-state index contributed by atoms with van der Waals surface area (Å²) in [4.78, 5) is 12.1. The quantitative estimate of drug-likeness (QED) is 0.809. The van der Waals surface area contributed by atoms with Gasteiger partial charge in [-0.15, -0.1) is 16.7 Å². The van der Waals surface area contributed by atoms with Crippen molar-refractivity contribution in [2.24, 2.45) is 0 Å². The maximum absolute atomic E-state index is 11.6. The Morgan fingerprint density at radius 1 is 1.71 bits per heavy atom. The number of alkyl halides is 1. The fraction of sp³-hybridized carbons (Fsp3) is 0.625. The monoisotopic (exact) mass is 233 g/mol. The lowest BCUT2D eigenvalue weighted by Gasteiger charge is -2.28. The number of carbonyl (C=O) groups excluding carboxylic acids is 1. The van der Waals surface area contributed by atoms with Crippen molar-refractivity contribution in [3.63, 3.8) is 0 Å². The lowest BCUT2D eigenvalue weighted by molar-refractivity contribution is 0.0916. The van der Waals surface area contributed by atoms with Gasteiger partial charge < -0.3 is 5.32 Å². The summed E-state index contributed by atoms with van der Waals surface area (Å²) in [7, 11) is 0. The highest BCUT2D eigenvalue weighted by Crippen LogP contribution is 2.15.